The number of carbonyl (C=O) groups is 1. The number of rotatable bonds is 9. The number of methoxy groups -OCH3 is 1. The van der Waals surface area contributed by atoms with Crippen molar-refractivity contribution in [2.45, 2.75) is 26.4 Å². The SMILES string of the molecule is COCCNC(=O)COc1c(F)cccc1CNC(C)C. The van der Waals surface area contributed by atoms with Crippen molar-refractivity contribution < 1.29 is 18.7 Å². The maximum Gasteiger partial charge on any atom is 0.258 e. The standard InChI is InChI=1S/C15H23FN2O3/c1-11(2)18-9-12-5-4-6-13(16)15(12)21-10-14(19)17-7-8-20-3/h4-6,11,18H,7-10H2,1-3H3,(H,17,19). The molecule has 21 heavy (non-hydrogen) atoms. The number of hydrogen-bond donors (Lipinski definition) is 2. The van der Waals surface area contributed by atoms with Crippen LogP contribution in [0.1, 0.15) is 19.4 Å². The van der Waals surface area contributed by atoms with Gasteiger partial charge in [0.2, 0.25) is 0 Å². The smallest absolute Gasteiger partial charge is 0.258 e. The van der Waals surface area contributed by atoms with Gasteiger partial charge in [-0.25, -0.2) is 4.39 Å². The van der Waals surface area contributed by atoms with Crippen LogP contribution in [-0.4, -0.2) is 38.8 Å². The van der Waals surface area contributed by atoms with Crippen LogP contribution in [0.4, 0.5) is 4.39 Å². The lowest BCUT2D eigenvalue weighted by atomic mass is 10.2. The normalized spacial score (nSPS) is 10.7. The summed E-state index contributed by atoms with van der Waals surface area (Å²) < 4.78 is 24.0. The molecule has 1 aromatic carbocycles. The Balaban J connectivity index is 2.58. The van der Waals surface area contributed by atoms with Gasteiger partial charge in [-0.1, -0.05) is 26.0 Å². The minimum Gasteiger partial charge on any atom is -0.480 e. The van der Waals surface area contributed by atoms with E-state index in [9.17, 15) is 9.18 Å². The van der Waals surface area contributed by atoms with Gasteiger partial charge in [0.1, 0.15) is 0 Å². The summed E-state index contributed by atoms with van der Waals surface area (Å²) in [4.78, 5) is 11.6. The quantitative estimate of drug-likeness (QED) is 0.678. The third kappa shape index (κ3) is 6.55. The highest BCUT2D eigenvalue weighted by Crippen LogP contribution is 2.22. The second kappa shape index (κ2) is 9.31. The average Bonchev–Trinajstić information content (AvgIpc) is 2.44. The summed E-state index contributed by atoms with van der Waals surface area (Å²) >= 11 is 0. The van der Waals surface area contributed by atoms with Gasteiger partial charge >= 0.3 is 0 Å². The second-order valence-corrected chi connectivity index (χ2v) is 4.90. The fraction of sp³-hybridized carbons (Fsp3) is 0.533. The van der Waals surface area contributed by atoms with E-state index < -0.39 is 5.82 Å². The van der Waals surface area contributed by atoms with Gasteiger partial charge in [-0.05, 0) is 6.07 Å². The minimum atomic E-state index is -0.470. The molecule has 1 rings (SSSR count). The highest BCUT2D eigenvalue weighted by Gasteiger charge is 2.12. The Bertz CT molecular complexity index is 453. The molecule has 1 aromatic rings. The number of benzene rings is 1. The van der Waals surface area contributed by atoms with E-state index in [1.807, 2.05) is 13.8 Å². The van der Waals surface area contributed by atoms with Crippen LogP contribution in [-0.2, 0) is 16.1 Å². The molecule has 6 heteroatoms. The molecule has 0 spiro atoms. The third-order valence-corrected chi connectivity index (χ3v) is 2.73. The van der Waals surface area contributed by atoms with Crippen LogP contribution in [0.2, 0.25) is 0 Å². The third-order valence-electron chi connectivity index (χ3n) is 2.73. The highest BCUT2D eigenvalue weighted by molar-refractivity contribution is 5.77. The maximum absolute atomic E-state index is 13.8. The van der Waals surface area contributed by atoms with E-state index in [1.165, 1.54) is 6.07 Å². The molecule has 2 N–H and O–H groups in total. The van der Waals surface area contributed by atoms with Crippen molar-refractivity contribution in [3.05, 3.63) is 29.6 Å². The van der Waals surface area contributed by atoms with Gasteiger partial charge < -0.3 is 20.1 Å². The Kier molecular flexibility index (Phi) is 7.71. The predicted molar refractivity (Wildman–Crippen MR) is 78.8 cm³/mol. The van der Waals surface area contributed by atoms with Crippen molar-refractivity contribution in [3.63, 3.8) is 0 Å². The van der Waals surface area contributed by atoms with Crippen LogP contribution >= 0.6 is 0 Å². The molecule has 0 saturated heterocycles. The van der Waals surface area contributed by atoms with E-state index in [-0.39, 0.29) is 24.3 Å². The summed E-state index contributed by atoms with van der Waals surface area (Å²) in [6, 6.07) is 4.99. The molecule has 0 saturated carbocycles. The largest absolute Gasteiger partial charge is 0.480 e. The van der Waals surface area contributed by atoms with Crippen molar-refractivity contribution in [1.29, 1.82) is 0 Å². The lowest BCUT2D eigenvalue weighted by Gasteiger charge is -2.14. The van der Waals surface area contributed by atoms with Crippen LogP contribution in [0.3, 0.4) is 0 Å². The molecule has 118 valence electrons. The van der Waals surface area contributed by atoms with Crippen molar-refractivity contribution >= 4 is 5.91 Å². The zero-order chi connectivity index (χ0) is 15.7. The van der Waals surface area contributed by atoms with E-state index in [1.54, 1.807) is 19.2 Å². The number of nitrogens with one attached hydrogen (secondary N) is 2. The molecule has 0 aliphatic carbocycles. The van der Waals surface area contributed by atoms with Crippen LogP contribution in [0.5, 0.6) is 5.75 Å². The molecule has 0 unspecified atom stereocenters. The fourth-order valence-electron chi connectivity index (χ4n) is 1.65. The molecule has 0 bridgehead atoms. The Hall–Kier alpha value is -1.66. The molecule has 0 atom stereocenters. The Labute approximate surface area is 124 Å². The van der Waals surface area contributed by atoms with Gasteiger partial charge in [-0.2, -0.15) is 0 Å². The fourth-order valence-corrected chi connectivity index (χ4v) is 1.65. The number of halogens is 1. The van der Waals surface area contributed by atoms with Gasteiger partial charge in [-0.3, -0.25) is 4.79 Å². The van der Waals surface area contributed by atoms with Gasteiger partial charge in [0.05, 0.1) is 6.61 Å². The zero-order valence-corrected chi connectivity index (χ0v) is 12.7. The molecule has 0 aliphatic rings. The van der Waals surface area contributed by atoms with Crippen LogP contribution in [0.15, 0.2) is 18.2 Å². The lowest BCUT2D eigenvalue weighted by molar-refractivity contribution is -0.123. The number of hydrogen-bond acceptors (Lipinski definition) is 4. The summed E-state index contributed by atoms with van der Waals surface area (Å²) in [6.45, 7) is 5.09. The highest BCUT2D eigenvalue weighted by atomic mass is 19.1. The summed E-state index contributed by atoms with van der Waals surface area (Å²) in [5.74, 6) is -0.659. The van der Waals surface area contributed by atoms with E-state index in [2.05, 4.69) is 10.6 Å². The predicted octanol–water partition coefficient (Wildman–Crippen LogP) is 1.47. The van der Waals surface area contributed by atoms with E-state index in [0.717, 1.165) is 0 Å². The molecule has 1 amide bonds. The summed E-state index contributed by atoms with van der Waals surface area (Å²) in [7, 11) is 1.55. The molecule has 0 heterocycles. The molecular formula is C15H23FN2O3. The molecule has 0 aromatic heterocycles. The lowest BCUT2D eigenvalue weighted by Crippen LogP contribution is -2.31. The van der Waals surface area contributed by atoms with Gasteiger partial charge in [0.15, 0.2) is 18.2 Å². The van der Waals surface area contributed by atoms with E-state index in [0.29, 0.717) is 25.3 Å². The first-order valence-electron chi connectivity index (χ1n) is 6.93. The Morgan fingerprint density at radius 1 is 1.38 bits per heavy atom. The first-order chi connectivity index (χ1) is 10.0. The van der Waals surface area contributed by atoms with Crippen LogP contribution in [0, 0.1) is 5.82 Å². The van der Waals surface area contributed by atoms with Crippen molar-refractivity contribution in [2.24, 2.45) is 0 Å². The Morgan fingerprint density at radius 2 is 2.14 bits per heavy atom. The molecule has 5 nitrogen and oxygen atoms in total. The van der Waals surface area contributed by atoms with E-state index in [4.69, 9.17) is 9.47 Å². The van der Waals surface area contributed by atoms with Crippen molar-refractivity contribution in [2.75, 3.05) is 26.9 Å². The first-order valence-corrected chi connectivity index (χ1v) is 6.93. The number of carbonyl (C=O) groups excluding carboxylic acids is 1. The average molecular weight is 298 g/mol. The van der Waals surface area contributed by atoms with Gasteiger partial charge in [-0.15, -0.1) is 0 Å². The molecule has 0 aliphatic heterocycles. The summed E-state index contributed by atoms with van der Waals surface area (Å²) in [6.07, 6.45) is 0. The first kappa shape index (κ1) is 17.4. The zero-order valence-electron chi connectivity index (χ0n) is 12.7. The number of amides is 1. The van der Waals surface area contributed by atoms with Crippen LogP contribution in [0.25, 0.3) is 0 Å². The minimum absolute atomic E-state index is 0.118. The van der Waals surface area contributed by atoms with Crippen molar-refractivity contribution in [3.8, 4) is 5.75 Å². The van der Waals surface area contributed by atoms with Crippen LogP contribution < -0.4 is 15.4 Å². The molecule has 0 radical (unpaired) electrons. The topological polar surface area (TPSA) is 59.6 Å². The molecular weight excluding hydrogens is 275 g/mol. The molecule has 0 fully saturated rings. The van der Waals surface area contributed by atoms with Gasteiger partial charge in [0.25, 0.3) is 5.91 Å². The van der Waals surface area contributed by atoms with Gasteiger partial charge in [0, 0.05) is 31.8 Å². The summed E-state index contributed by atoms with van der Waals surface area (Å²) in [5.41, 5.74) is 0.688. The monoisotopic (exact) mass is 298 g/mol. The number of ether oxygens (including phenoxy) is 2. The summed E-state index contributed by atoms with van der Waals surface area (Å²) in [5, 5.41) is 5.81. The van der Waals surface area contributed by atoms with E-state index >= 15 is 0 Å². The maximum atomic E-state index is 13.8. The van der Waals surface area contributed by atoms with Crippen molar-refractivity contribution in [1.82, 2.24) is 10.6 Å². The number of para-hydroxylation sites is 1. The Morgan fingerprint density at radius 3 is 2.81 bits per heavy atom. The second-order valence-electron chi connectivity index (χ2n) is 4.90.